The molecule has 2 N–H and O–H groups in total. The molecule has 2 heterocycles. The largest absolute Gasteiger partial charge is 0.385 e. The Bertz CT molecular complexity index is 424. The van der Waals surface area contributed by atoms with Crippen LogP contribution in [0.15, 0.2) is 18.2 Å². The SMILES string of the molecule is CC(Cc1ccc2c(c1)CCCN2)N1CCNCC1. The van der Waals surface area contributed by atoms with E-state index in [1.54, 1.807) is 0 Å². The van der Waals surface area contributed by atoms with E-state index in [4.69, 9.17) is 0 Å². The third-order valence-electron chi connectivity index (χ3n) is 4.41. The van der Waals surface area contributed by atoms with Gasteiger partial charge in [0.2, 0.25) is 0 Å². The van der Waals surface area contributed by atoms with Crippen molar-refractivity contribution in [2.75, 3.05) is 38.0 Å². The van der Waals surface area contributed by atoms with Gasteiger partial charge in [-0.05, 0) is 43.4 Å². The maximum Gasteiger partial charge on any atom is 0.0372 e. The molecule has 1 aromatic rings. The van der Waals surface area contributed by atoms with Crippen molar-refractivity contribution in [2.24, 2.45) is 0 Å². The van der Waals surface area contributed by atoms with Crippen molar-refractivity contribution in [1.82, 2.24) is 10.2 Å². The van der Waals surface area contributed by atoms with Crippen LogP contribution >= 0.6 is 0 Å². The summed E-state index contributed by atoms with van der Waals surface area (Å²) in [5.74, 6) is 0. The van der Waals surface area contributed by atoms with Gasteiger partial charge in [-0.1, -0.05) is 12.1 Å². The lowest BCUT2D eigenvalue weighted by Crippen LogP contribution is -2.48. The van der Waals surface area contributed by atoms with E-state index in [2.05, 4.69) is 40.7 Å². The third kappa shape index (κ3) is 3.10. The summed E-state index contributed by atoms with van der Waals surface area (Å²) < 4.78 is 0. The molecule has 3 rings (SSSR count). The number of fused-ring (bicyclic) bond motifs is 1. The van der Waals surface area contributed by atoms with E-state index in [1.165, 1.54) is 49.2 Å². The smallest absolute Gasteiger partial charge is 0.0372 e. The van der Waals surface area contributed by atoms with Gasteiger partial charge in [-0.3, -0.25) is 4.90 Å². The van der Waals surface area contributed by atoms with E-state index < -0.39 is 0 Å². The Labute approximate surface area is 116 Å². The lowest BCUT2D eigenvalue weighted by atomic mass is 9.97. The molecule has 0 aliphatic carbocycles. The number of hydrogen-bond acceptors (Lipinski definition) is 3. The Morgan fingerprint density at radius 2 is 2.05 bits per heavy atom. The fourth-order valence-corrected chi connectivity index (χ4v) is 3.25. The lowest BCUT2D eigenvalue weighted by Gasteiger charge is -2.33. The molecule has 104 valence electrons. The normalized spacial score (nSPS) is 21.5. The molecular weight excluding hydrogens is 234 g/mol. The maximum absolute atomic E-state index is 3.49. The van der Waals surface area contributed by atoms with E-state index in [-0.39, 0.29) is 0 Å². The summed E-state index contributed by atoms with van der Waals surface area (Å²) in [5.41, 5.74) is 4.36. The molecule has 3 heteroatoms. The van der Waals surface area contributed by atoms with Crippen molar-refractivity contribution in [3.8, 4) is 0 Å². The number of rotatable bonds is 3. The van der Waals surface area contributed by atoms with E-state index in [0.29, 0.717) is 6.04 Å². The first-order valence-corrected chi connectivity index (χ1v) is 7.63. The molecule has 0 aromatic heterocycles. The molecule has 0 radical (unpaired) electrons. The third-order valence-corrected chi connectivity index (χ3v) is 4.41. The van der Waals surface area contributed by atoms with Crippen molar-refractivity contribution in [3.63, 3.8) is 0 Å². The molecule has 1 unspecified atom stereocenters. The highest BCUT2D eigenvalue weighted by Gasteiger charge is 2.17. The molecule has 0 amide bonds. The van der Waals surface area contributed by atoms with Crippen molar-refractivity contribution >= 4 is 5.69 Å². The first-order chi connectivity index (χ1) is 9.33. The van der Waals surface area contributed by atoms with Crippen molar-refractivity contribution in [1.29, 1.82) is 0 Å². The molecule has 2 aliphatic heterocycles. The number of aryl methyl sites for hydroxylation is 1. The van der Waals surface area contributed by atoms with Gasteiger partial charge in [-0.15, -0.1) is 0 Å². The summed E-state index contributed by atoms with van der Waals surface area (Å²) in [5, 5.41) is 6.91. The Hall–Kier alpha value is -1.06. The first-order valence-electron chi connectivity index (χ1n) is 7.63. The minimum absolute atomic E-state index is 0.650. The van der Waals surface area contributed by atoms with Crippen LogP contribution in [0.4, 0.5) is 5.69 Å². The molecule has 1 saturated heterocycles. The van der Waals surface area contributed by atoms with Gasteiger partial charge < -0.3 is 10.6 Å². The van der Waals surface area contributed by atoms with Crippen LogP contribution in [0, 0.1) is 0 Å². The Morgan fingerprint density at radius 1 is 1.21 bits per heavy atom. The zero-order chi connectivity index (χ0) is 13.1. The van der Waals surface area contributed by atoms with Crippen molar-refractivity contribution < 1.29 is 0 Å². The minimum Gasteiger partial charge on any atom is -0.385 e. The van der Waals surface area contributed by atoms with Gasteiger partial charge in [-0.2, -0.15) is 0 Å². The van der Waals surface area contributed by atoms with Gasteiger partial charge >= 0.3 is 0 Å². The monoisotopic (exact) mass is 259 g/mol. The Morgan fingerprint density at radius 3 is 2.89 bits per heavy atom. The van der Waals surface area contributed by atoms with Crippen LogP contribution in [-0.2, 0) is 12.8 Å². The van der Waals surface area contributed by atoms with Gasteiger partial charge in [0.15, 0.2) is 0 Å². The highest BCUT2D eigenvalue weighted by molar-refractivity contribution is 5.54. The zero-order valence-corrected chi connectivity index (χ0v) is 11.9. The maximum atomic E-state index is 3.49. The number of hydrogen-bond donors (Lipinski definition) is 2. The van der Waals surface area contributed by atoms with Gasteiger partial charge in [0.25, 0.3) is 0 Å². The van der Waals surface area contributed by atoms with Gasteiger partial charge in [0.05, 0.1) is 0 Å². The summed E-state index contributed by atoms with van der Waals surface area (Å²) in [4.78, 5) is 2.61. The average Bonchev–Trinajstić information content (AvgIpc) is 2.48. The van der Waals surface area contributed by atoms with Crippen molar-refractivity contribution in [2.45, 2.75) is 32.2 Å². The summed E-state index contributed by atoms with van der Waals surface area (Å²) in [6.45, 7) is 8.14. The highest BCUT2D eigenvalue weighted by atomic mass is 15.2. The number of benzene rings is 1. The molecule has 3 nitrogen and oxygen atoms in total. The molecule has 0 bridgehead atoms. The number of piperazine rings is 1. The number of nitrogens with zero attached hydrogens (tertiary/aromatic N) is 1. The molecule has 2 aliphatic rings. The molecular formula is C16H25N3. The molecule has 0 saturated carbocycles. The fourth-order valence-electron chi connectivity index (χ4n) is 3.25. The fraction of sp³-hybridized carbons (Fsp3) is 0.625. The van der Waals surface area contributed by atoms with E-state index >= 15 is 0 Å². The second-order valence-corrected chi connectivity index (χ2v) is 5.86. The van der Waals surface area contributed by atoms with Crippen LogP contribution in [0.1, 0.15) is 24.5 Å². The zero-order valence-electron chi connectivity index (χ0n) is 11.9. The van der Waals surface area contributed by atoms with Crippen LogP contribution < -0.4 is 10.6 Å². The quantitative estimate of drug-likeness (QED) is 0.868. The van der Waals surface area contributed by atoms with Crippen LogP contribution in [0.5, 0.6) is 0 Å². The van der Waals surface area contributed by atoms with Crippen LogP contribution in [0.25, 0.3) is 0 Å². The van der Waals surface area contributed by atoms with E-state index in [9.17, 15) is 0 Å². The predicted octanol–water partition coefficient (Wildman–Crippen LogP) is 1.88. The van der Waals surface area contributed by atoms with Gasteiger partial charge in [0, 0.05) is 44.5 Å². The van der Waals surface area contributed by atoms with Gasteiger partial charge in [-0.25, -0.2) is 0 Å². The van der Waals surface area contributed by atoms with E-state index in [1.807, 2.05) is 0 Å². The molecule has 0 spiro atoms. The standard InChI is InChI=1S/C16H25N3/c1-13(19-9-7-17-8-10-19)11-14-4-5-16-15(12-14)3-2-6-18-16/h4-5,12-13,17-18H,2-3,6-11H2,1H3. The number of nitrogens with one attached hydrogen (secondary N) is 2. The van der Waals surface area contributed by atoms with Gasteiger partial charge in [0.1, 0.15) is 0 Å². The molecule has 1 aromatic carbocycles. The predicted molar refractivity (Wildman–Crippen MR) is 80.9 cm³/mol. The first kappa shape index (κ1) is 12.9. The average molecular weight is 259 g/mol. The second kappa shape index (κ2) is 5.93. The number of anilines is 1. The summed E-state index contributed by atoms with van der Waals surface area (Å²) in [6.07, 6.45) is 3.68. The lowest BCUT2D eigenvalue weighted by molar-refractivity contribution is 0.183. The second-order valence-electron chi connectivity index (χ2n) is 5.86. The summed E-state index contributed by atoms with van der Waals surface area (Å²) in [6, 6.07) is 7.64. The van der Waals surface area contributed by atoms with Crippen molar-refractivity contribution in [3.05, 3.63) is 29.3 Å². The summed E-state index contributed by atoms with van der Waals surface area (Å²) >= 11 is 0. The van der Waals surface area contributed by atoms with Crippen LogP contribution in [0.2, 0.25) is 0 Å². The van der Waals surface area contributed by atoms with Crippen LogP contribution in [-0.4, -0.2) is 43.7 Å². The van der Waals surface area contributed by atoms with Crippen LogP contribution in [0.3, 0.4) is 0 Å². The Balaban J connectivity index is 1.65. The highest BCUT2D eigenvalue weighted by Crippen LogP contribution is 2.24. The molecule has 1 atom stereocenters. The summed E-state index contributed by atoms with van der Waals surface area (Å²) in [7, 11) is 0. The molecule has 1 fully saturated rings. The molecule has 19 heavy (non-hydrogen) atoms. The topological polar surface area (TPSA) is 27.3 Å². The van der Waals surface area contributed by atoms with E-state index in [0.717, 1.165) is 19.6 Å². The minimum atomic E-state index is 0.650. The Kier molecular flexibility index (Phi) is 4.04.